The fourth-order valence-corrected chi connectivity index (χ4v) is 2.02. The van der Waals surface area contributed by atoms with E-state index in [2.05, 4.69) is 26.5 Å². The van der Waals surface area contributed by atoms with Gasteiger partial charge in [0.15, 0.2) is 6.10 Å². The zero-order valence-corrected chi connectivity index (χ0v) is 14.3. The standard InChI is InChI=1S/C16H14BrN3O4/c1-11(24-15-7-5-13(17)6-8-15)16(21)19-18-10-12-3-2-4-14(9-12)20(22)23/h2-11H,1H3,(H,19,21)/b18-10-/t11-/m0/s1. The topological polar surface area (TPSA) is 93.8 Å². The first kappa shape index (κ1) is 17.6. The fourth-order valence-electron chi connectivity index (χ4n) is 1.75. The molecule has 24 heavy (non-hydrogen) atoms. The summed E-state index contributed by atoms with van der Waals surface area (Å²) >= 11 is 3.31. The van der Waals surface area contributed by atoms with E-state index in [0.29, 0.717) is 11.3 Å². The summed E-state index contributed by atoms with van der Waals surface area (Å²) in [6, 6.07) is 13.0. The van der Waals surface area contributed by atoms with Gasteiger partial charge in [0.2, 0.25) is 0 Å². The molecule has 0 saturated carbocycles. The van der Waals surface area contributed by atoms with Crippen LogP contribution in [-0.4, -0.2) is 23.1 Å². The Bertz CT molecular complexity index is 762. The van der Waals surface area contributed by atoms with Crippen molar-refractivity contribution in [1.29, 1.82) is 0 Å². The monoisotopic (exact) mass is 391 g/mol. The number of carbonyl (C=O) groups excluding carboxylic acids is 1. The molecule has 124 valence electrons. The molecule has 0 aliphatic heterocycles. The number of rotatable bonds is 6. The molecule has 0 radical (unpaired) electrons. The van der Waals surface area contributed by atoms with Gasteiger partial charge in [-0.3, -0.25) is 14.9 Å². The number of hydrogen-bond donors (Lipinski definition) is 1. The van der Waals surface area contributed by atoms with Gasteiger partial charge in [-0.25, -0.2) is 5.43 Å². The molecule has 8 heteroatoms. The van der Waals surface area contributed by atoms with E-state index < -0.39 is 16.9 Å². The molecule has 0 unspecified atom stereocenters. The second-order valence-electron chi connectivity index (χ2n) is 4.80. The molecule has 1 atom stereocenters. The Labute approximate surface area is 146 Å². The van der Waals surface area contributed by atoms with Gasteiger partial charge in [0.25, 0.3) is 11.6 Å². The van der Waals surface area contributed by atoms with Crippen LogP contribution in [0, 0.1) is 10.1 Å². The molecule has 2 aromatic rings. The van der Waals surface area contributed by atoms with Crippen LogP contribution in [0.1, 0.15) is 12.5 Å². The van der Waals surface area contributed by atoms with E-state index in [0.717, 1.165) is 4.47 Å². The van der Waals surface area contributed by atoms with Gasteiger partial charge < -0.3 is 4.74 Å². The lowest BCUT2D eigenvalue weighted by molar-refractivity contribution is -0.384. The molecule has 0 aromatic heterocycles. The van der Waals surface area contributed by atoms with Crippen LogP contribution in [0.15, 0.2) is 58.1 Å². The number of benzene rings is 2. The van der Waals surface area contributed by atoms with Gasteiger partial charge in [-0.05, 0) is 31.2 Å². The van der Waals surface area contributed by atoms with E-state index in [-0.39, 0.29) is 5.69 Å². The maximum atomic E-state index is 11.9. The minimum atomic E-state index is -0.742. The largest absolute Gasteiger partial charge is 0.481 e. The highest BCUT2D eigenvalue weighted by Crippen LogP contribution is 2.17. The number of ether oxygens (including phenoxy) is 1. The molecule has 1 amide bonds. The Balaban J connectivity index is 1.90. The van der Waals surface area contributed by atoms with Gasteiger partial charge >= 0.3 is 0 Å². The average Bonchev–Trinajstić information content (AvgIpc) is 2.57. The molecule has 0 saturated heterocycles. The highest BCUT2D eigenvalue weighted by atomic mass is 79.9. The minimum absolute atomic E-state index is 0.0442. The smallest absolute Gasteiger partial charge is 0.280 e. The molecule has 1 N–H and O–H groups in total. The lowest BCUT2D eigenvalue weighted by Crippen LogP contribution is -2.33. The molecule has 0 fully saturated rings. The van der Waals surface area contributed by atoms with Gasteiger partial charge in [0, 0.05) is 22.2 Å². The van der Waals surface area contributed by atoms with Crippen molar-refractivity contribution in [2.45, 2.75) is 13.0 Å². The van der Waals surface area contributed by atoms with Crippen molar-refractivity contribution >= 4 is 33.7 Å². The third-order valence-corrected chi connectivity index (χ3v) is 3.49. The highest BCUT2D eigenvalue weighted by Gasteiger charge is 2.13. The maximum absolute atomic E-state index is 11.9. The zero-order valence-electron chi connectivity index (χ0n) is 12.7. The minimum Gasteiger partial charge on any atom is -0.481 e. The normalized spacial score (nSPS) is 11.9. The summed E-state index contributed by atoms with van der Waals surface area (Å²) < 4.78 is 6.40. The van der Waals surface area contributed by atoms with Crippen molar-refractivity contribution in [2.24, 2.45) is 5.10 Å². The summed E-state index contributed by atoms with van der Waals surface area (Å²) in [5, 5.41) is 14.5. The van der Waals surface area contributed by atoms with Crippen LogP contribution in [0.5, 0.6) is 5.75 Å². The molecule has 0 aliphatic carbocycles. The maximum Gasteiger partial charge on any atom is 0.280 e. The van der Waals surface area contributed by atoms with Crippen molar-refractivity contribution in [3.05, 3.63) is 68.7 Å². The highest BCUT2D eigenvalue weighted by molar-refractivity contribution is 9.10. The third-order valence-electron chi connectivity index (χ3n) is 2.97. The van der Waals surface area contributed by atoms with Crippen LogP contribution in [0.4, 0.5) is 5.69 Å². The Kier molecular flexibility index (Phi) is 6.02. The number of amides is 1. The Hall–Kier alpha value is -2.74. The van der Waals surface area contributed by atoms with E-state index in [1.807, 2.05) is 0 Å². The first-order chi connectivity index (χ1) is 11.5. The van der Waals surface area contributed by atoms with Gasteiger partial charge in [-0.1, -0.05) is 28.1 Å². The van der Waals surface area contributed by atoms with Gasteiger partial charge in [0.05, 0.1) is 11.1 Å². The summed E-state index contributed by atoms with van der Waals surface area (Å²) in [6.07, 6.45) is 0.588. The van der Waals surface area contributed by atoms with Gasteiger partial charge in [-0.15, -0.1) is 0 Å². The van der Waals surface area contributed by atoms with Crippen LogP contribution in [0.3, 0.4) is 0 Å². The molecule has 0 aliphatic rings. The van der Waals surface area contributed by atoms with Crippen molar-refractivity contribution in [3.8, 4) is 5.75 Å². The summed E-state index contributed by atoms with van der Waals surface area (Å²) in [7, 11) is 0. The summed E-state index contributed by atoms with van der Waals surface area (Å²) in [6.45, 7) is 1.60. The number of nitro groups is 1. The van der Waals surface area contributed by atoms with Crippen molar-refractivity contribution in [2.75, 3.05) is 0 Å². The van der Waals surface area contributed by atoms with E-state index in [4.69, 9.17) is 4.74 Å². The Morgan fingerprint density at radius 2 is 2.04 bits per heavy atom. The summed E-state index contributed by atoms with van der Waals surface area (Å²) in [5.41, 5.74) is 2.80. The Morgan fingerprint density at radius 1 is 1.33 bits per heavy atom. The predicted octanol–water partition coefficient (Wildman–Crippen LogP) is 3.27. The SMILES string of the molecule is C[C@H](Oc1ccc(Br)cc1)C(=O)N/N=C\c1cccc([N+](=O)[O-])c1. The van der Waals surface area contributed by atoms with Gasteiger partial charge in [-0.2, -0.15) is 5.10 Å². The van der Waals surface area contributed by atoms with Crippen LogP contribution in [0.25, 0.3) is 0 Å². The van der Waals surface area contributed by atoms with E-state index in [1.165, 1.54) is 18.3 Å². The molecule has 7 nitrogen and oxygen atoms in total. The average molecular weight is 392 g/mol. The van der Waals surface area contributed by atoms with Crippen LogP contribution in [-0.2, 0) is 4.79 Å². The molecule has 0 heterocycles. The number of nitrogens with zero attached hydrogens (tertiary/aromatic N) is 2. The molecule has 2 aromatic carbocycles. The third kappa shape index (κ3) is 5.17. The molecule has 0 spiro atoms. The predicted molar refractivity (Wildman–Crippen MR) is 93.1 cm³/mol. The zero-order chi connectivity index (χ0) is 17.5. The quantitative estimate of drug-likeness (QED) is 0.464. The fraction of sp³-hybridized carbons (Fsp3) is 0.125. The van der Waals surface area contributed by atoms with Crippen molar-refractivity contribution < 1.29 is 14.5 Å². The van der Waals surface area contributed by atoms with Crippen molar-refractivity contribution in [3.63, 3.8) is 0 Å². The lowest BCUT2D eigenvalue weighted by Gasteiger charge is -2.12. The molecular formula is C16H14BrN3O4. The van der Waals surface area contributed by atoms with Crippen molar-refractivity contribution in [1.82, 2.24) is 5.43 Å². The van der Waals surface area contributed by atoms with E-state index >= 15 is 0 Å². The lowest BCUT2D eigenvalue weighted by atomic mass is 10.2. The molecule has 0 bridgehead atoms. The van der Waals surface area contributed by atoms with E-state index in [1.54, 1.807) is 43.3 Å². The number of carbonyl (C=O) groups is 1. The summed E-state index contributed by atoms with van der Waals surface area (Å²) in [4.78, 5) is 22.1. The van der Waals surface area contributed by atoms with Crippen LogP contribution < -0.4 is 10.2 Å². The second kappa shape index (κ2) is 8.21. The Morgan fingerprint density at radius 3 is 2.71 bits per heavy atom. The number of hydrazone groups is 1. The van der Waals surface area contributed by atoms with Crippen LogP contribution >= 0.6 is 15.9 Å². The van der Waals surface area contributed by atoms with E-state index in [9.17, 15) is 14.9 Å². The van der Waals surface area contributed by atoms with Crippen LogP contribution in [0.2, 0.25) is 0 Å². The first-order valence-electron chi connectivity index (χ1n) is 6.95. The first-order valence-corrected chi connectivity index (χ1v) is 7.74. The summed E-state index contributed by atoms with van der Waals surface area (Å²) in [5.74, 6) is 0.128. The number of nitrogens with one attached hydrogen (secondary N) is 1. The second-order valence-corrected chi connectivity index (χ2v) is 5.72. The van der Waals surface area contributed by atoms with Gasteiger partial charge in [0.1, 0.15) is 5.75 Å². The number of hydrogen-bond acceptors (Lipinski definition) is 5. The number of non-ortho nitro benzene ring substituents is 1. The molecular weight excluding hydrogens is 378 g/mol. The molecule has 2 rings (SSSR count). The number of nitro benzene ring substituents is 1. The number of halogens is 1.